The molecule has 10 heteroatoms. The van der Waals surface area contributed by atoms with Crippen LogP contribution in [0.5, 0.6) is 5.75 Å². The first-order valence-corrected chi connectivity index (χ1v) is 15.9. The first kappa shape index (κ1) is 28.2. The van der Waals surface area contributed by atoms with Crippen molar-refractivity contribution in [2.24, 2.45) is 4.99 Å². The third-order valence-electron chi connectivity index (χ3n) is 6.53. The van der Waals surface area contributed by atoms with E-state index >= 15 is 0 Å². The van der Waals surface area contributed by atoms with Crippen molar-refractivity contribution in [2.75, 3.05) is 12.0 Å². The number of amides is 1. The largest absolute Gasteiger partial charge is 0.497 e. The van der Waals surface area contributed by atoms with Gasteiger partial charge < -0.3 is 14.8 Å². The van der Waals surface area contributed by atoms with Gasteiger partial charge in [-0.3, -0.25) is 25.5 Å². The molecule has 4 rings (SSSR count). The number of benzene rings is 3. The molecule has 1 atom stereocenters. The van der Waals surface area contributed by atoms with Crippen LogP contribution in [0.15, 0.2) is 71.7 Å². The Morgan fingerprint density at radius 2 is 1.85 bits per heavy atom. The SMILES string of the molecule is COc1ccc2c(c1)C(c1ccc(Cl)cc1)=N[C@@H](CC(=O)NCc1ccccc1[Si](C)(C)O)C(=N)N2C(C)=N. The van der Waals surface area contributed by atoms with Crippen molar-refractivity contribution in [3.05, 3.63) is 88.4 Å². The number of carbonyl (C=O) groups is 1. The van der Waals surface area contributed by atoms with Gasteiger partial charge in [0.05, 0.1) is 24.9 Å². The molecule has 0 saturated carbocycles. The zero-order valence-corrected chi connectivity index (χ0v) is 24.1. The number of methoxy groups -OCH3 is 1. The lowest BCUT2D eigenvalue weighted by Crippen LogP contribution is -2.45. The molecular formula is C29H32ClN5O3Si. The summed E-state index contributed by atoms with van der Waals surface area (Å²) in [4.78, 5) is 30.3. The van der Waals surface area contributed by atoms with E-state index in [-0.39, 0.29) is 30.5 Å². The number of hydrogen-bond donors (Lipinski definition) is 4. The van der Waals surface area contributed by atoms with Crippen LogP contribution in [-0.2, 0) is 11.3 Å². The number of nitrogens with one attached hydrogen (secondary N) is 3. The zero-order valence-electron chi connectivity index (χ0n) is 22.4. The normalized spacial score (nSPS) is 15.2. The molecule has 8 nitrogen and oxygen atoms in total. The van der Waals surface area contributed by atoms with Crippen LogP contribution in [0.25, 0.3) is 0 Å². The first-order valence-electron chi connectivity index (χ1n) is 12.5. The van der Waals surface area contributed by atoms with Gasteiger partial charge in [-0.15, -0.1) is 0 Å². The highest BCUT2D eigenvalue weighted by molar-refractivity contribution is 6.83. The Morgan fingerprint density at radius 1 is 1.15 bits per heavy atom. The van der Waals surface area contributed by atoms with Crippen LogP contribution >= 0.6 is 11.6 Å². The van der Waals surface area contributed by atoms with Gasteiger partial charge in [-0.05, 0) is 61.1 Å². The summed E-state index contributed by atoms with van der Waals surface area (Å²) in [5, 5.41) is 21.9. The number of hydrogen-bond acceptors (Lipinski definition) is 6. The predicted octanol–water partition coefficient (Wildman–Crippen LogP) is 4.46. The molecule has 1 amide bonds. The van der Waals surface area contributed by atoms with E-state index in [1.165, 1.54) is 4.90 Å². The van der Waals surface area contributed by atoms with Crippen molar-refractivity contribution in [1.29, 1.82) is 10.8 Å². The molecule has 1 aliphatic rings. The van der Waals surface area contributed by atoms with Gasteiger partial charge in [-0.2, -0.15) is 0 Å². The lowest BCUT2D eigenvalue weighted by molar-refractivity contribution is -0.121. The maximum absolute atomic E-state index is 13.2. The summed E-state index contributed by atoms with van der Waals surface area (Å²) in [5.74, 6) is 0.475. The fourth-order valence-corrected chi connectivity index (χ4v) is 6.23. The molecule has 0 unspecified atom stereocenters. The molecule has 0 bridgehead atoms. The number of amidine groups is 2. The average Bonchev–Trinajstić information content (AvgIpc) is 3.01. The summed E-state index contributed by atoms with van der Waals surface area (Å²) >= 11 is 6.14. The highest BCUT2D eigenvalue weighted by Gasteiger charge is 2.32. The van der Waals surface area contributed by atoms with Crippen molar-refractivity contribution in [3.63, 3.8) is 0 Å². The van der Waals surface area contributed by atoms with E-state index in [4.69, 9.17) is 32.1 Å². The lowest BCUT2D eigenvalue weighted by atomic mass is 9.99. The van der Waals surface area contributed by atoms with Crippen molar-refractivity contribution < 1.29 is 14.3 Å². The highest BCUT2D eigenvalue weighted by Crippen LogP contribution is 2.33. The maximum atomic E-state index is 13.2. The number of fused-ring (bicyclic) bond motifs is 1. The highest BCUT2D eigenvalue weighted by atomic mass is 35.5. The van der Waals surface area contributed by atoms with E-state index in [1.807, 2.05) is 55.6 Å². The molecular weight excluding hydrogens is 530 g/mol. The first-order chi connectivity index (χ1) is 18.5. The minimum Gasteiger partial charge on any atom is -0.497 e. The van der Waals surface area contributed by atoms with Gasteiger partial charge in [-0.25, -0.2) is 0 Å². The van der Waals surface area contributed by atoms with Gasteiger partial charge in [0.25, 0.3) is 0 Å². The second-order valence-electron chi connectivity index (χ2n) is 9.89. The number of rotatable bonds is 7. The molecule has 3 aromatic carbocycles. The third-order valence-corrected chi connectivity index (χ3v) is 8.58. The van der Waals surface area contributed by atoms with E-state index in [1.54, 1.807) is 38.3 Å². The molecule has 3 aromatic rings. The average molecular weight is 562 g/mol. The molecule has 0 spiro atoms. The topological polar surface area (TPSA) is 122 Å². The van der Waals surface area contributed by atoms with E-state index in [0.717, 1.165) is 16.3 Å². The standard InChI is InChI=1S/C29H32ClN5O3Si/c1-18(31)35-25-14-13-22(38-2)15-23(25)28(19-9-11-21(30)12-10-19)34-24(29(35)32)16-27(36)33-17-20-7-5-6-8-26(20)39(3,4)37/h5-15,24,31-32,37H,16-17H2,1-4H3,(H,33,36)/t24-/m0/s1. The zero-order chi connectivity index (χ0) is 28.3. The molecule has 0 aromatic heterocycles. The minimum absolute atomic E-state index is 0.0253. The minimum atomic E-state index is -2.58. The smallest absolute Gasteiger partial charge is 0.222 e. The summed E-state index contributed by atoms with van der Waals surface area (Å²) < 4.78 is 5.46. The monoisotopic (exact) mass is 561 g/mol. The van der Waals surface area contributed by atoms with Crippen LogP contribution in [-0.4, -0.2) is 49.6 Å². The second-order valence-corrected chi connectivity index (χ2v) is 14.0. The second kappa shape index (κ2) is 11.5. The number of halogens is 1. The van der Waals surface area contributed by atoms with E-state index < -0.39 is 14.4 Å². The van der Waals surface area contributed by atoms with Crippen LogP contribution in [0.3, 0.4) is 0 Å². The van der Waals surface area contributed by atoms with Crippen molar-refractivity contribution in [3.8, 4) is 5.75 Å². The van der Waals surface area contributed by atoms with Gasteiger partial charge in [0.15, 0.2) is 0 Å². The fraction of sp³-hybridized carbons (Fsp3) is 0.241. The number of anilines is 1. The molecule has 1 aliphatic heterocycles. The summed E-state index contributed by atoms with van der Waals surface area (Å²) in [6.07, 6.45) is -0.0903. The Bertz CT molecular complexity index is 1450. The van der Waals surface area contributed by atoms with E-state index in [2.05, 4.69) is 5.32 Å². The van der Waals surface area contributed by atoms with Gasteiger partial charge >= 0.3 is 0 Å². The number of ether oxygens (including phenoxy) is 1. The summed E-state index contributed by atoms with van der Waals surface area (Å²) in [7, 11) is -1.01. The summed E-state index contributed by atoms with van der Waals surface area (Å²) in [6, 6.07) is 19.3. The fourth-order valence-electron chi connectivity index (χ4n) is 4.65. The van der Waals surface area contributed by atoms with Gasteiger partial charge in [0, 0.05) is 22.7 Å². The molecule has 0 fully saturated rings. The molecule has 0 aliphatic carbocycles. The molecule has 202 valence electrons. The van der Waals surface area contributed by atoms with Crippen molar-refractivity contribution in [1.82, 2.24) is 5.32 Å². The quantitative estimate of drug-likeness (QED) is 0.193. The van der Waals surface area contributed by atoms with Gasteiger partial charge in [0.1, 0.15) is 23.5 Å². The predicted molar refractivity (Wildman–Crippen MR) is 160 cm³/mol. The Hall–Kier alpha value is -3.79. The number of carbonyl (C=O) groups excluding carboxylic acids is 1. The summed E-state index contributed by atoms with van der Waals surface area (Å²) in [6.45, 7) is 5.54. The maximum Gasteiger partial charge on any atom is 0.222 e. The number of aliphatic imine (C=N–C) groups is 1. The van der Waals surface area contributed by atoms with Gasteiger partial charge in [0.2, 0.25) is 14.2 Å². The van der Waals surface area contributed by atoms with Gasteiger partial charge in [-0.1, -0.05) is 48.0 Å². The van der Waals surface area contributed by atoms with Crippen LogP contribution in [0.2, 0.25) is 18.1 Å². The van der Waals surface area contributed by atoms with Crippen molar-refractivity contribution in [2.45, 2.75) is 39.0 Å². The molecule has 1 heterocycles. The van der Waals surface area contributed by atoms with Crippen LogP contribution < -0.4 is 20.1 Å². The molecule has 39 heavy (non-hydrogen) atoms. The van der Waals surface area contributed by atoms with Crippen LogP contribution in [0.4, 0.5) is 5.69 Å². The summed E-state index contributed by atoms with van der Waals surface area (Å²) in [5.41, 5.74) is 3.49. The van der Waals surface area contributed by atoms with E-state index in [0.29, 0.717) is 27.7 Å². The molecule has 4 N–H and O–H groups in total. The lowest BCUT2D eigenvalue weighted by Gasteiger charge is -2.26. The Kier molecular flexibility index (Phi) is 8.34. The Balaban J connectivity index is 1.71. The number of nitrogens with zero attached hydrogens (tertiary/aromatic N) is 2. The molecule has 0 saturated heterocycles. The molecule has 0 radical (unpaired) electrons. The third kappa shape index (κ3) is 6.27. The van der Waals surface area contributed by atoms with E-state index in [9.17, 15) is 9.59 Å². The number of benzodiazepines with no additional fused rings is 1. The van der Waals surface area contributed by atoms with Crippen LogP contribution in [0.1, 0.15) is 30.0 Å². The Labute approximate surface area is 234 Å². The van der Waals surface area contributed by atoms with Crippen molar-refractivity contribution >= 4 is 54.1 Å². The van der Waals surface area contributed by atoms with Crippen LogP contribution in [0, 0.1) is 10.8 Å². The Morgan fingerprint density at radius 3 is 2.49 bits per heavy atom.